The van der Waals surface area contributed by atoms with Crippen LogP contribution in [0, 0.1) is 18.8 Å². The molecule has 1 aliphatic rings. The standard InChI is InChI=1S/C16H22N2O3/c1-11-4-3-5-14(10-11)17-16(21)18-8-6-13(7-9-18)12(2)15(19)20/h3-5,10,12-13H,6-9H2,1-2H3,(H,17,21)(H,19,20). The van der Waals surface area contributed by atoms with Crippen LogP contribution in [0.25, 0.3) is 0 Å². The summed E-state index contributed by atoms with van der Waals surface area (Å²) in [7, 11) is 0. The Labute approximate surface area is 125 Å². The van der Waals surface area contributed by atoms with E-state index >= 15 is 0 Å². The highest BCUT2D eigenvalue weighted by molar-refractivity contribution is 5.89. The van der Waals surface area contributed by atoms with Gasteiger partial charge in [-0.05, 0) is 43.4 Å². The van der Waals surface area contributed by atoms with Gasteiger partial charge in [-0.2, -0.15) is 0 Å². The molecule has 1 fully saturated rings. The first-order valence-corrected chi connectivity index (χ1v) is 7.33. The van der Waals surface area contributed by atoms with Gasteiger partial charge in [0, 0.05) is 18.8 Å². The van der Waals surface area contributed by atoms with Gasteiger partial charge in [-0.25, -0.2) is 4.79 Å². The van der Waals surface area contributed by atoms with Crippen molar-refractivity contribution in [1.29, 1.82) is 0 Å². The van der Waals surface area contributed by atoms with Gasteiger partial charge in [0.1, 0.15) is 0 Å². The van der Waals surface area contributed by atoms with Crippen LogP contribution < -0.4 is 5.32 Å². The Bertz CT molecular complexity index is 522. The van der Waals surface area contributed by atoms with Crippen molar-refractivity contribution in [3.63, 3.8) is 0 Å². The fourth-order valence-corrected chi connectivity index (χ4v) is 2.73. The third-order valence-corrected chi connectivity index (χ3v) is 4.19. The van der Waals surface area contributed by atoms with Crippen molar-refractivity contribution >= 4 is 17.7 Å². The van der Waals surface area contributed by atoms with E-state index in [-0.39, 0.29) is 17.9 Å². The Morgan fingerprint density at radius 2 is 2.00 bits per heavy atom. The number of anilines is 1. The molecule has 0 aliphatic carbocycles. The second kappa shape index (κ2) is 6.61. The molecule has 0 saturated carbocycles. The molecule has 1 heterocycles. The molecule has 1 unspecified atom stereocenters. The van der Waals surface area contributed by atoms with Crippen LogP contribution in [0.3, 0.4) is 0 Å². The molecule has 1 saturated heterocycles. The SMILES string of the molecule is Cc1cccc(NC(=O)N2CCC(C(C)C(=O)O)CC2)c1. The van der Waals surface area contributed by atoms with Crippen molar-refractivity contribution in [3.8, 4) is 0 Å². The van der Waals surface area contributed by atoms with E-state index in [1.165, 1.54) is 0 Å². The minimum atomic E-state index is -0.752. The number of aryl methyl sites for hydroxylation is 1. The Hall–Kier alpha value is -2.04. The number of carboxylic acid groups (broad SMARTS) is 1. The average Bonchev–Trinajstić information content (AvgIpc) is 2.46. The van der Waals surface area contributed by atoms with Gasteiger partial charge in [0.25, 0.3) is 0 Å². The van der Waals surface area contributed by atoms with Crippen LogP contribution in [0.15, 0.2) is 24.3 Å². The molecule has 0 radical (unpaired) electrons. The molecule has 5 heteroatoms. The Morgan fingerprint density at radius 3 is 2.57 bits per heavy atom. The number of carboxylic acids is 1. The highest BCUT2D eigenvalue weighted by atomic mass is 16.4. The first-order valence-electron chi connectivity index (χ1n) is 7.33. The van der Waals surface area contributed by atoms with Gasteiger partial charge in [-0.3, -0.25) is 4.79 Å². The van der Waals surface area contributed by atoms with E-state index in [2.05, 4.69) is 5.32 Å². The quantitative estimate of drug-likeness (QED) is 0.899. The molecule has 114 valence electrons. The fourth-order valence-electron chi connectivity index (χ4n) is 2.73. The number of urea groups is 1. The Balaban J connectivity index is 1.87. The van der Waals surface area contributed by atoms with Gasteiger partial charge in [-0.1, -0.05) is 19.1 Å². The van der Waals surface area contributed by atoms with Gasteiger partial charge in [0.2, 0.25) is 0 Å². The zero-order valence-electron chi connectivity index (χ0n) is 12.5. The molecule has 2 N–H and O–H groups in total. The molecule has 1 atom stereocenters. The van der Waals surface area contributed by atoms with E-state index in [0.29, 0.717) is 13.1 Å². The maximum atomic E-state index is 12.2. The number of piperidine rings is 1. The molecule has 0 bridgehead atoms. The molecule has 1 aromatic carbocycles. The number of nitrogens with zero attached hydrogens (tertiary/aromatic N) is 1. The summed E-state index contributed by atoms with van der Waals surface area (Å²) in [5.74, 6) is -0.935. The third-order valence-electron chi connectivity index (χ3n) is 4.19. The lowest BCUT2D eigenvalue weighted by molar-refractivity contribution is -0.143. The minimum absolute atomic E-state index is 0.109. The van der Waals surface area contributed by atoms with Crippen molar-refractivity contribution in [3.05, 3.63) is 29.8 Å². The predicted octanol–water partition coefficient (Wildman–Crippen LogP) is 2.96. The maximum absolute atomic E-state index is 12.2. The number of nitrogens with one attached hydrogen (secondary N) is 1. The van der Waals surface area contributed by atoms with Crippen LogP contribution in [0.1, 0.15) is 25.3 Å². The molecule has 2 amide bonds. The molecule has 2 rings (SSSR count). The summed E-state index contributed by atoms with van der Waals surface area (Å²) < 4.78 is 0. The molecule has 1 aromatic rings. The van der Waals surface area contributed by atoms with Crippen molar-refractivity contribution in [2.75, 3.05) is 18.4 Å². The molecule has 1 aliphatic heterocycles. The molecule has 21 heavy (non-hydrogen) atoms. The summed E-state index contributed by atoms with van der Waals surface area (Å²) in [6.07, 6.45) is 1.49. The van der Waals surface area contributed by atoms with Gasteiger partial charge in [-0.15, -0.1) is 0 Å². The summed E-state index contributed by atoms with van der Waals surface area (Å²) in [5.41, 5.74) is 1.89. The lowest BCUT2D eigenvalue weighted by Crippen LogP contribution is -2.42. The lowest BCUT2D eigenvalue weighted by atomic mass is 9.85. The fraction of sp³-hybridized carbons (Fsp3) is 0.500. The minimum Gasteiger partial charge on any atom is -0.481 e. The molecular formula is C16H22N2O3. The smallest absolute Gasteiger partial charge is 0.321 e. The van der Waals surface area contributed by atoms with E-state index in [0.717, 1.165) is 24.1 Å². The Kier molecular flexibility index (Phi) is 4.83. The average molecular weight is 290 g/mol. The number of amides is 2. The summed E-state index contributed by atoms with van der Waals surface area (Å²) in [4.78, 5) is 24.9. The topological polar surface area (TPSA) is 69.6 Å². The van der Waals surface area contributed by atoms with Gasteiger partial charge in [0.15, 0.2) is 0 Å². The van der Waals surface area contributed by atoms with E-state index < -0.39 is 5.97 Å². The molecular weight excluding hydrogens is 268 g/mol. The second-order valence-electron chi connectivity index (χ2n) is 5.75. The number of carbonyl (C=O) groups excluding carboxylic acids is 1. The van der Waals surface area contributed by atoms with Crippen LogP contribution >= 0.6 is 0 Å². The van der Waals surface area contributed by atoms with Crippen LogP contribution in [-0.4, -0.2) is 35.1 Å². The van der Waals surface area contributed by atoms with E-state index in [4.69, 9.17) is 5.11 Å². The van der Waals surface area contributed by atoms with Crippen molar-refractivity contribution in [2.24, 2.45) is 11.8 Å². The normalized spacial score (nSPS) is 17.3. The summed E-state index contributed by atoms with van der Waals surface area (Å²) in [6, 6.07) is 7.57. The Morgan fingerprint density at radius 1 is 1.33 bits per heavy atom. The molecule has 5 nitrogen and oxygen atoms in total. The number of benzene rings is 1. The van der Waals surface area contributed by atoms with Crippen molar-refractivity contribution in [2.45, 2.75) is 26.7 Å². The summed E-state index contributed by atoms with van der Waals surface area (Å²) in [5, 5.41) is 11.9. The summed E-state index contributed by atoms with van der Waals surface area (Å²) >= 11 is 0. The highest BCUT2D eigenvalue weighted by Crippen LogP contribution is 2.25. The monoisotopic (exact) mass is 290 g/mol. The maximum Gasteiger partial charge on any atom is 0.321 e. The number of carbonyl (C=O) groups is 2. The third kappa shape index (κ3) is 3.97. The zero-order chi connectivity index (χ0) is 15.4. The van der Waals surface area contributed by atoms with E-state index in [9.17, 15) is 9.59 Å². The largest absolute Gasteiger partial charge is 0.481 e. The second-order valence-corrected chi connectivity index (χ2v) is 5.75. The lowest BCUT2D eigenvalue weighted by Gasteiger charge is -2.33. The zero-order valence-corrected chi connectivity index (χ0v) is 12.5. The number of likely N-dealkylation sites (tertiary alicyclic amines) is 1. The highest BCUT2D eigenvalue weighted by Gasteiger charge is 2.29. The number of rotatable bonds is 3. The molecule has 0 aromatic heterocycles. The van der Waals surface area contributed by atoms with Crippen LogP contribution in [0.5, 0.6) is 0 Å². The van der Waals surface area contributed by atoms with Crippen molar-refractivity contribution < 1.29 is 14.7 Å². The van der Waals surface area contributed by atoms with Crippen LogP contribution in [0.2, 0.25) is 0 Å². The molecule has 0 spiro atoms. The van der Waals surface area contributed by atoms with Crippen molar-refractivity contribution in [1.82, 2.24) is 4.90 Å². The van der Waals surface area contributed by atoms with Gasteiger partial charge >= 0.3 is 12.0 Å². The number of aliphatic carboxylic acids is 1. The van der Waals surface area contributed by atoms with E-state index in [1.54, 1.807) is 11.8 Å². The van der Waals surface area contributed by atoms with E-state index in [1.807, 2.05) is 31.2 Å². The first kappa shape index (κ1) is 15.4. The first-order chi connectivity index (χ1) is 9.97. The summed E-state index contributed by atoms with van der Waals surface area (Å²) in [6.45, 7) is 4.95. The van der Waals surface area contributed by atoms with Crippen LogP contribution in [0.4, 0.5) is 10.5 Å². The van der Waals surface area contributed by atoms with Gasteiger partial charge in [0.05, 0.1) is 5.92 Å². The predicted molar refractivity (Wildman–Crippen MR) is 81.3 cm³/mol. The number of hydrogen-bond donors (Lipinski definition) is 2. The van der Waals surface area contributed by atoms with Crippen LogP contribution in [-0.2, 0) is 4.79 Å². The van der Waals surface area contributed by atoms with Gasteiger partial charge < -0.3 is 15.3 Å². The number of hydrogen-bond acceptors (Lipinski definition) is 2.